The lowest BCUT2D eigenvalue weighted by atomic mass is 10.3. The smallest absolute Gasteiger partial charge is 0.238 e. The van der Waals surface area contributed by atoms with Gasteiger partial charge in [0.25, 0.3) is 0 Å². The first-order valence-electron chi connectivity index (χ1n) is 4.40. The Labute approximate surface area is 83.5 Å². The highest BCUT2D eigenvalue weighted by molar-refractivity contribution is 5.92. The van der Waals surface area contributed by atoms with Gasteiger partial charge in [-0.15, -0.1) is 0 Å². The monoisotopic (exact) mass is 193 g/mol. The van der Waals surface area contributed by atoms with Crippen molar-refractivity contribution in [3.8, 4) is 5.88 Å². The van der Waals surface area contributed by atoms with Gasteiger partial charge in [0, 0.05) is 26.2 Å². The van der Waals surface area contributed by atoms with E-state index in [1.165, 1.54) is 18.0 Å². The zero-order valence-corrected chi connectivity index (χ0v) is 8.57. The van der Waals surface area contributed by atoms with Crippen molar-refractivity contribution in [2.24, 2.45) is 0 Å². The van der Waals surface area contributed by atoms with E-state index in [1.54, 1.807) is 13.1 Å². The molecule has 0 aliphatic heterocycles. The van der Waals surface area contributed by atoms with Crippen LogP contribution >= 0.6 is 0 Å². The number of aromatic nitrogens is 1. The van der Waals surface area contributed by atoms with Crippen LogP contribution in [0.2, 0.25) is 0 Å². The van der Waals surface area contributed by atoms with Crippen LogP contribution in [0.25, 0.3) is 0 Å². The van der Waals surface area contributed by atoms with E-state index in [2.05, 4.69) is 11.1 Å². The molecule has 0 spiro atoms. The molecular weight excluding hydrogens is 180 g/mol. The summed E-state index contributed by atoms with van der Waals surface area (Å²) < 4.78 is 5.28. The molecule has 14 heavy (non-hydrogen) atoms. The molecule has 0 N–H and O–H groups in total. The van der Waals surface area contributed by atoms with Gasteiger partial charge in [-0.1, -0.05) is 0 Å². The summed E-state index contributed by atoms with van der Waals surface area (Å²) in [6.07, 6.45) is 1.52. The summed E-state index contributed by atoms with van der Waals surface area (Å²) in [5.41, 5.74) is 0.641. The van der Waals surface area contributed by atoms with Crippen LogP contribution in [0.5, 0.6) is 5.88 Å². The van der Waals surface area contributed by atoms with E-state index in [4.69, 9.17) is 4.74 Å². The van der Waals surface area contributed by atoms with E-state index in [1.807, 2.05) is 6.92 Å². The Hall–Kier alpha value is -1.58. The summed E-state index contributed by atoms with van der Waals surface area (Å²) in [5, 5.41) is 0. The molecule has 4 heteroatoms. The highest BCUT2D eigenvalue weighted by Crippen LogP contribution is 2.23. The molecule has 4 nitrogen and oxygen atoms in total. The van der Waals surface area contributed by atoms with Crippen molar-refractivity contribution in [3.63, 3.8) is 0 Å². The summed E-state index contributed by atoms with van der Waals surface area (Å²) in [6, 6.07) is 4.49. The SMILES string of the molecule is CCOc1nc[c]cc1N(C)C(C)=O. The molecule has 0 saturated heterocycles. The first-order valence-corrected chi connectivity index (χ1v) is 4.40. The molecule has 1 radical (unpaired) electrons. The van der Waals surface area contributed by atoms with E-state index in [0.29, 0.717) is 18.2 Å². The molecule has 0 unspecified atom stereocenters. The maximum atomic E-state index is 11.1. The Kier molecular flexibility index (Phi) is 3.45. The first kappa shape index (κ1) is 10.5. The molecule has 75 valence electrons. The second kappa shape index (κ2) is 4.60. The second-order valence-electron chi connectivity index (χ2n) is 2.77. The number of hydrogen-bond donors (Lipinski definition) is 0. The normalized spacial score (nSPS) is 9.64. The molecule has 1 rings (SSSR count). The van der Waals surface area contributed by atoms with Crippen LogP contribution in [0.15, 0.2) is 12.3 Å². The number of carbonyl (C=O) groups is 1. The molecule has 0 bridgehead atoms. The third-order valence-corrected chi connectivity index (χ3v) is 1.81. The summed E-state index contributed by atoms with van der Waals surface area (Å²) in [4.78, 5) is 16.6. The maximum Gasteiger partial charge on any atom is 0.238 e. The van der Waals surface area contributed by atoms with Crippen LogP contribution in [0.3, 0.4) is 0 Å². The van der Waals surface area contributed by atoms with Crippen LogP contribution in [0.4, 0.5) is 5.69 Å². The van der Waals surface area contributed by atoms with Gasteiger partial charge in [-0.25, -0.2) is 4.98 Å². The highest BCUT2D eigenvalue weighted by atomic mass is 16.5. The standard InChI is InChI=1S/C10H13N2O2/c1-4-14-10-9(6-5-7-11-10)12(3)8(2)13/h6-7H,4H2,1-3H3. The van der Waals surface area contributed by atoms with Gasteiger partial charge in [-0.2, -0.15) is 0 Å². The van der Waals surface area contributed by atoms with Gasteiger partial charge < -0.3 is 9.64 Å². The van der Waals surface area contributed by atoms with Crippen LogP contribution in [0, 0.1) is 6.07 Å². The quantitative estimate of drug-likeness (QED) is 0.725. The molecule has 0 aliphatic rings. The molecule has 1 aromatic rings. The Bertz CT molecular complexity index is 326. The maximum absolute atomic E-state index is 11.1. The molecule has 0 saturated carbocycles. The zero-order valence-electron chi connectivity index (χ0n) is 8.57. The molecule has 0 aromatic carbocycles. The number of amides is 1. The van der Waals surface area contributed by atoms with Crippen molar-refractivity contribution >= 4 is 11.6 Å². The largest absolute Gasteiger partial charge is 0.476 e. The predicted octanol–water partition coefficient (Wildman–Crippen LogP) is 1.26. The summed E-state index contributed by atoms with van der Waals surface area (Å²) in [5.74, 6) is 0.399. The topological polar surface area (TPSA) is 42.4 Å². The number of anilines is 1. The van der Waals surface area contributed by atoms with E-state index < -0.39 is 0 Å². The fourth-order valence-electron chi connectivity index (χ4n) is 0.998. The lowest BCUT2D eigenvalue weighted by Crippen LogP contribution is -2.23. The van der Waals surface area contributed by atoms with Crippen molar-refractivity contribution in [1.29, 1.82) is 0 Å². The molecule has 0 aliphatic carbocycles. The Morgan fingerprint density at radius 1 is 1.71 bits per heavy atom. The Balaban J connectivity index is 3.00. The van der Waals surface area contributed by atoms with Crippen molar-refractivity contribution in [2.45, 2.75) is 13.8 Å². The predicted molar refractivity (Wildman–Crippen MR) is 53.3 cm³/mol. The average Bonchev–Trinajstić information content (AvgIpc) is 2.18. The molecule has 0 fully saturated rings. The fourth-order valence-corrected chi connectivity index (χ4v) is 0.998. The van der Waals surface area contributed by atoms with Crippen molar-refractivity contribution in [1.82, 2.24) is 4.98 Å². The van der Waals surface area contributed by atoms with Crippen molar-refractivity contribution < 1.29 is 9.53 Å². The van der Waals surface area contributed by atoms with Crippen LogP contribution in [-0.2, 0) is 4.79 Å². The number of rotatable bonds is 3. The number of nitrogens with zero attached hydrogens (tertiary/aromatic N) is 2. The van der Waals surface area contributed by atoms with E-state index in [-0.39, 0.29) is 5.91 Å². The van der Waals surface area contributed by atoms with Gasteiger partial charge in [0.15, 0.2) is 0 Å². The third kappa shape index (κ3) is 2.22. The molecule has 1 heterocycles. The van der Waals surface area contributed by atoms with Gasteiger partial charge in [0.2, 0.25) is 11.8 Å². The van der Waals surface area contributed by atoms with Gasteiger partial charge in [0.05, 0.1) is 6.61 Å². The number of pyridine rings is 1. The lowest BCUT2D eigenvalue weighted by Gasteiger charge is -2.17. The lowest BCUT2D eigenvalue weighted by molar-refractivity contribution is -0.116. The number of hydrogen-bond acceptors (Lipinski definition) is 3. The highest BCUT2D eigenvalue weighted by Gasteiger charge is 2.11. The van der Waals surface area contributed by atoms with E-state index in [0.717, 1.165) is 0 Å². The summed E-state index contributed by atoms with van der Waals surface area (Å²) >= 11 is 0. The van der Waals surface area contributed by atoms with Gasteiger partial charge in [0.1, 0.15) is 5.69 Å². The third-order valence-electron chi connectivity index (χ3n) is 1.81. The van der Waals surface area contributed by atoms with Crippen LogP contribution < -0.4 is 9.64 Å². The Morgan fingerprint density at radius 3 is 3.00 bits per heavy atom. The fraction of sp³-hybridized carbons (Fsp3) is 0.400. The summed E-state index contributed by atoms with van der Waals surface area (Å²) in [6.45, 7) is 3.88. The summed E-state index contributed by atoms with van der Waals surface area (Å²) in [7, 11) is 1.68. The minimum atomic E-state index is -0.0626. The minimum absolute atomic E-state index is 0.0626. The minimum Gasteiger partial charge on any atom is -0.476 e. The van der Waals surface area contributed by atoms with Crippen LogP contribution in [-0.4, -0.2) is 24.5 Å². The average molecular weight is 193 g/mol. The van der Waals surface area contributed by atoms with Gasteiger partial charge >= 0.3 is 0 Å². The van der Waals surface area contributed by atoms with Crippen molar-refractivity contribution in [2.75, 3.05) is 18.6 Å². The van der Waals surface area contributed by atoms with E-state index >= 15 is 0 Å². The van der Waals surface area contributed by atoms with Crippen LogP contribution in [0.1, 0.15) is 13.8 Å². The first-order chi connectivity index (χ1) is 6.66. The second-order valence-corrected chi connectivity index (χ2v) is 2.77. The van der Waals surface area contributed by atoms with Gasteiger partial charge in [-0.05, 0) is 13.0 Å². The number of ether oxygens (including phenoxy) is 1. The molecule has 0 atom stereocenters. The molecule has 1 aromatic heterocycles. The van der Waals surface area contributed by atoms with Gasteiger partial charge in [-0.3, -0.25) is 4.79 Å². The van der Waals surface area contributed by atoms with E-state index in [9.17, 15) is 4.79 Å². The van der Waals surface area contributed by atoms with Crippen molar-refractivity contribution in [3.05, 3.63) is 18.3 Å². The zero-order chi connectivity index (χ0) is 10.6. The number of carbonyl (C=O) groups excluding carboxylic acids is 1. The molecule has 1 amide bonds. The Morgan fingerprint density at radius 2 is 2.43 bits per heavy atom. The molecular formula is C10H13N2O2.